The zero-order chi connectivity index (χ0) is 17.2. The van der Waals surface area contributed by atoms with Crippen LogP contribution in [0, 0.1) is 0 Å². The van der Waals surface area contributed by atoms with Crippen molar-refractivity contribution in [3.63, 3.8) is 0 Å². The number of carbonyl (C=O) groups excluding carboxylic acids is 1. The van der Waals surface area contributed by atoms with Crippen LogP contribution in [0.5, 0.6) is 5.75 Å². The Kier molecular flexibility index (Phi) is 4.76. The lowest BCUT2D eigenvalue weighted by Gasteiger charge is -2.32. The van der Waals surface area contributed by atoms with Crippen LogP contribution in [0.15, 0.2) is 24.3 Å². The molecule has 1 aliphatic carbocycles. The predicted molar refractivity (Wildman–Crippen MR) is 86.8 cm³/mol. The van der Waals surface area contributed by atoms with E-state index in [-0.39, 0.29) is 5.91 Å². The van der Waals surface area contributed by atoms with Crippen LogP contribution in [0.4, 0.5) is 0 Å². The van der Waals surface area contributed by atoms with Gasteiger partial charge in [-0.25, -0.2) is 4.79 Å². The number of amides is 1. The summed E-state index contributed by atoms with van der Waals surface area (Å²) in [5, 5.41) is 12.2. The standard InChI is InChI=1S/C18H23NO5/c1-23-13-6-4-12(5-7-13)18(10-2-3-11-18)19-16(20)14-8-9-15(24-14)17(21)22/h4-7,14-15H,2-3,8-11H2,1H3,(H,19,20)(H,21,22)/t14-,15+/m0/s1. The number of nitrogens with one attached hydrogen (secondary N) is 1. The quantitative estimate of drug-likeness (QED) is 0.863. The Morgan fingerprint density at radius 1 is 1.17 bits per heavy atom. The van der Waals surface area contributed by atoms with Gasteiger partial charge in [-0.15, -0.1) is 0 Å². The summed E-state index contributed by atoms with van der Waals surface area (Å²) in [6.07, 6.45) is 3.12. The van der Waals surface area contributed by atoms with Gasteiger partial charge in [-0.05, 0) is 43.4 Å². The first kappa shape index (κ1) is 16.8. The Hall–Kier alpha value is -2.08. The number of rotatable bonds is 5. The first-order valence-corrected chi connectivity index (χ1v) is 8.39. The van der Waals surface area contributed by atoms with Crippen LogP contribution in [0.2, 0.25) is 0 Å². The minimum Gasteiger partial charge on any atom is -0.497 e. The third-order valence-corrected chi connectivity index (χ3v) is 5.05. The highest BCUT2D eigenvalue weighted by Gasteiger charge is 2.41. The summed E-state index contributed by atoms with van der Waals surface area (Å²) in [6.45, 7) is 0. The number of carboxylic acid groups (broad SMARTS) is 1. The number of aliphatic carboxylic acids is 1. The monoisotopic (exact) mass is 333 g/mol. The molecule has 3 rings (SSSR count). The minimum atomic E-state index is -1.00. The highest BCUT2D eigenvalue weighted by atomic mass is 16.5. The molecule has 0 bridgehead atoms. The van der Waals surface area contributed by atoms with E-state index in [0.29, 0.717) is 12.8 Å². The van der Waals surface area contributed by atoms with Crippen LogP contribution in [-0.4, -0.2) is 36.3 Å². The molecule has 2 atom stereocenters. The van der Waals surface area contributed by atoms with Gasteiger partial charge in [0.15, 0.2) is 6.10 Å². The SMILES string of the molecule is COc1ccc(C2(NC(=O)[C@@H]3CC[C@H](C(=O)O)O3)CCCC2)cc1. The highest BCUT2D eigenvalue weighted by molar-refractivity contribution is 5.83. The van der Waals surface area contributed by atoms with Gasteiger partial charge in [0.1, 0.15) is 11.9 Å². The molecule has 24 heavy (non-hydrogen) atoms. The lowest BCUT2D eigenvalue weighted by atomic mass is 9.87. The lowest BCUT2D eigenvalue weighted by Crippen LogP contribution is -2.48. The van der Waals surface area contributed by atoms with Crippen LogP contribution in [0.25, 0.3) is 0 Å². The zero-order valence-corrected chi connectivity index (χ0v) is 13.8. The molecule has 0 unspecified atom stereocenters. The van der Waals surface area contributed by atoms with Gasteiger partial charge in [-0.3, -0.25) is 4.79 Å². The largest absolute Gasteiger partial charge is 0.497 e. The van der Waals surface area contributed by atoms with Gasteiger partial charge in [-0.2, -0.15) is 0 Å². The maximum absolute atomic E-state index is 12.6. The molecule has 0 spiro atoms. The van der Waals surface area contributed by atoms with E-state index in [2.05, 4.69) is 5.32 Å². The lowest BCUT2D eigenvalue weighted by molar-refractivity contribution is -0.152. The van der Waals surface area contributed by atoms with Crippen LogP contribution in [0.1, 0.15) is 44.1 Å². The van der Waals surface area contributed by atoms with Crippen LogP contribution in [0.3, 0.4) is 0 Å². The van der Waals surface area contributed by atoms with Gasteiger partial charge >= 0.3 is 5.97 Å². The van der Waals surface area contributed by atoms with Gasteiger partial charge < -0.3 is 19.9 Å². The number of benzene rings is 1. The van der Waals surface area contributed by atoms with Crippen molar-refractivity contribution in [3.8, 4) is 5.75 Å². The third kappa shape index (κ3) is 3.24. The smallest absolute Gasteiger partial charge is 0.332 e. The molecule has 2 aliphatic rings. The molecule has 1 aromatic carbocycles. The number of carboxylic acids is 1. The van der Waals surface area contributed by atoms with E-state index in [4.69, 9.17) is 14.6 Å². The molecule has 1 aliphatic heterocycles. The summed E-state index contributed by atoms with van der Waals surface area (Å²) in [7, 11) is 1.62. The Morgan fingerprint density at radius 3 is 2.33 bits per heavy atom. The maximum atomic E-state index is 12.6. The molecule has 1 heterocycles. The summed E-state index contributed by atoms with van der Waals surface area (Å²) in [5.41, 5.74) is 0.663. The van der Waals surface area contributed by atoms with Crippen molar-refractivity contribution in [1.82, 2.24) is 5.32 Å². The fourth-order valence-corrected chi connectivity index (χ4v) is 3.70. The van der Waals surface area contributed by atoms with Crippen molar-refractivity contribution in [2.45, 2.75) is 56.3 Å². The van der Waals surface area contributed by atoms with E-state index in [1.165, 1.54) is 0 Å². The zero-order valence-electron chi connectivity index (χ0n) is 13.8. The Labute approximate surface area is 141 Å². The van der Waals surface area contributed by atoms with E-state index in [9.17, 15) is 9.59 Å². The Bertz CT molecular complexity index is 606. The molecule has 1 aromatic rings. The van der Waals surface area contributed by atoms with Gasteiger partial charge in [-0.1, -0.05) is 25.0 Å². The first-order valence-electron chi connectivity index (χ1n) is 8.39. The Balaban J connectivity index is 1.74. The van der Waals surface area contributed by atoms with E-state index in [1.807, 2.05) is 24.3 Å². The summed E-state index contributed by atoms with van der Waals surface area (Å²) in [6, 6.07) is 7.77. The Morgan fingerprint density at radius 2 is 1.79 bits per heavy atom. The van der Waals surface area contributed by atoms with Gasteiger partial charge in [0.25, 0.3) is 0 Å². The fourth-order valence-electron chi connectivity index (χ4n) is 3.70. The molecule has 2 fully saturated rings. The van der Waals surface area contributed by atoms with E-state index < -0.39 is 23.7 Å². The average Bonchev–Trinajstić information content (AvgIpc) is 3.25. The molecule has 6 nitrogen and oxygen atoms in total. The molecular weight excluding hydrogens is 310 g/mol. The summed E-state index contributed by atoms with van der Waals surface area (Å²) < 4.78 is 10.6. The second-order valence-electron chi connectivity index (χ2n) is 6.54. The van der Waals surface area contributed by atoms with Crippen molar-refractivity contribution in [2.24, 2.45) is 0 Å². The van der Waals surface area contributed by atoms with Gasteiger partial charge in [0.05, 0.1) is 12.6 Å². The van der Waals surface area contributed by atoms with Crippen molar-refractivity contribution < 1.29 is 24.2 Å². The average molecular weight is 333 g/mol. The summed E-state index contributed by atoms with van der Waals surface area (Å²) in [4.78, 5) is 23.6. The van der Waals surface area contributed by atoms with Crippen molar-refractivity contribution in [1.29, 1.82) is 0 Å². The molecule has 6 heteroatoms. The topological polar surface area (TPSA) is 84.9 Å². The van der Waals surface area contributed by atoms with Gasteiger partial charge in [0, 0.05) is 0 Å². The molecule has 1 amide bonds. The van der Waals surface area contributed by atoms with Crippen molar-refractivity contribution >= 4 is 11.9 Å². The predicted octanol–water partition coefficient (Wildman–Crippen LogP) is 2.21. The molecular formula is C18H23NO5. The van der Waals surface area contributed by atoms with Crippen LogP contribution >= 0.6 is 0 Å². The van der Waals surface area contributed by atoms with Crippen molar-refractivity contribution in [3.05, 3.63) is 29.8 Å². The number of methoxy groups -OCH3 is 1. The molecule has 0 aromatic heterocycles. The summed E-state index contributed by atoms with van der Waals surface area (Å²) in [5.74, 6) is -0.436. The second kappa shape index (κ2) is 6.81. The molecule has 0 radical (unpaired) electrons. The highest BCUT2D eigenvalue weighted by Crippen LogP contribution is 2.39. The third-order valence-electron chi connectivity index (χ3n) is 5.05. The number of hydrogen-bond donors (Lipinski definition) is 2. The normalized spacial score (nSPS) is 25.4. The van der Waals surface area contributed by atoms with E-state index >= 15 is 0 Å². The first-order chi connectivity index (χ1) is 11.5. The van der Waals surface area contributed by atoms with Crippen LogP contribution in [-0.2, 0) is 19.9 Å². The van der Waals surface area contributed by atoms with Crippen molar-refractivity contribution in [2.75, 3.05) is 7.11 Å². The van der Waals surface area contributed by atoms with E-state index in [0.717, 1.165) is 37.0 Å². The molecule has 1 saturated heterocycles. The van der Waals surface area contributed by atoms with Gasteiger partial charge in [0.2, 0.25) is 5.91 Å². The number of hydrogen-bond acceptors (Lipinski definition) is 4. The minimum absolute atomic E-state index is 0.212. The van der Waals surface area contributed by atoms with Crippen LogP contribution < -0.4 is 10.1 Å². The van der Waals surface area contributed by atoms with E-state index in [1.54, 1.807) is 7.11 Å². The molecule has 2 N–H and O–H groups in total. The molecule has 1 saturated carbocycles. The number of ether oxygens (including phenoxy) is 2. The summed E-state index contributed by atoms with van der Waals surface area (Å²) >= 11 is 0. The fraction of sp³-hybridized carbons (Fsp3) is 0.556. The second-order valence-corrected chi connectivity index (χ2v) is 6.54. The number of carbonyl (C=O) groups is 2. The maximum Gasteiger partial charge on any atom is 0.332 e. The molecule has 130 valence electrons.